The smallest absolute Gasteiger partial charge is 0.327 e. The molecule has 0 aliphatic rings. The number of aromatic nitrogens is 2. The summed E-state index contributed by atoms with van der Waals surface area (Å²) < 4.78 is 10.7. The number of nitrogens with two attached hydrogens (primary N) is 1. The van der Waals surface area contributed by atoms with Crippen LogP contribution >= 0.6 is 11.6 Å². The average Bonchev–Trinajstić information content (AvgIpc) is 2.65. The Bertz CT molecular complexity index is 501. The molecule has 1 atom stereocenters. The van der Waals surface area contributed by atoms with Crippen molar-refractivity contribution in [1.82, 2.24) is 9.78 Å². The first-order valence-electron chi connectivity index (χ1n) is 6.11. The molecule has 1 aromatic heterocycles. The molecule has 1 heterocycles. The Kier molecular flexibility index (Phi) is 5.97. The molecular formula is C12H18ClN3O4. The number of hydrogen-bond donors (Lipinski definition) is 1. The lowest BCUT2D eigenvalue weighted by molar-refractivity contribution is -0.144. The fraction of sp³-hybridized carbons (Fsp3) is 0.583. The van der Waals surface area contributed by atoms with Crippen LogP contribution in [0.3, 0.4) is 0 Å². The van der Waals surface area contributed by atoms with E-state index in [1.807, 2.05) is 0 Å². The number of carbonyl (C=O) groups excluding carboxylic acids is 2. The van der Waals surface area contributed by atoms with Gasteiger partial charge in [0.05, 0.1) is 19.4 Å². The largest absolute Gasteiger partial charge is 0.468 e. The molecule has 0 fully saturated rings. The first-order chi connectivity index (χ1) is 9.40. The molecule has 0 saturated carbocycles. The van der Waals surface area contributed by atoms with Crippen molar-refractivity contribution in [1.29, 1.82) is 0 Å². The lowest BCUT2D eigenvalue weighted by atomic mass is 10.1. The number of aryl methyl sites for hydroxylation is 1. The van der Waals surface area contributed by atoms with Crippen LogP contribution < -0.4 is 5.73 Å². The summed E-state index contributed by atoms with van der Waals surface area (Å²) in [5.74, 6) is -0.959. The molecule has 1 rings (SSSR count). The van der Waals surface area contributed by atoms with Gasteiger partial charge in [0.25, 0.3) is 0 Å². The number of esters is 2. The molecule has 0 amide bonds. The fourth-order valence-electron chi connectivity index (χ4n) is 1.71. The number of hydrogen-bond acceptors (Lipinski definition) is 6. The Morgan fingerprint density at radius 3 is 2.70 bits per heavy atom. The van der Waals surface area contributed by atoms with Gasteiger partial charge in [0.15, 0.2) is 0 Å². The highest BCUT2D eigenvalue weighted by molar-refractivity contribution is 6.30. The van der Waals surface area contributed by atoms with Gasteiger partial charge in [-0.15, -0.1) is 0 Å². The molecule has 112 valence electrons. The zero-order valence-electron chi connectivity index (χ0n) is 11.7. The Balaban J connectivity index is 2.86. The van der Waals surface area contributed by atoms with E-state index in [0.717, 1.165) is 0 Å². The Morgan fingerprint density at radius 1 is 1.50 bits per heavy atom. The molecule has 0 saturated heterocycles. The number of halogens is 1. The molecule has 0 aliphatic carbocycles. The molecule has 0 radical (unpaired) electrons. The fourth-order valence-corrected chi connectivity index (χ4v) is 2.02. The summed E-state index contributed by atoms with van der Waals surface area (Å²) in [5, 5.41) is 4.42. The second kappa shape index (κ2) is 7.25. The lowest BCUT2D eigenvalue weighted by Crippen LogP contribution is -2.33. The molecule has 0 aromatic carbocycles. The predicted octanol–water partition coefficient (Wildman–Crippen LogP) is 0.451. The van der Waals surface area contributed by atoms with Crippen molar-refractivity contribution in [2.45, 2.75) is 32.9 Å². The first-order valence-corrected chi connectivity index (χ1v) is 6.49. The average molecular weight is 304 g/mol. The Morgan fingerprint density at radius 2 is 2.15 bits per heavy atom. The molecular weight excluding hydrogens is 286 g/mol. The topological polar surface area (TPSA) is 96.4 Å². The third-order valence-corrected chi connectivity index (χ3v) is 3.12. The van der Waals surface area contributed by atoms with Crippen LogP contribution in [0.15, 0.2) is 0 Å². The van der Waals surface area contributed by atoms with Gasteiger partial charge in [-0.05, 0) is 13.8 Å². The second-order valence-corrected chi connectivity index (χ2v) is 4.51. The molecule has 7 nitrogen and oxygen atoms in total. The maximum atomic E-state index is 11.4. The summed E-state index contributed by atoms with van der Waals surface area (Å²) in [7, 11) is 1.26. The van der Waals surface area contributed by atoms with Gasteiger partial charge in [-0.25, -0.2) is 4.68 Å². The summed E-state index contributed by atoms with van der Waals surface area (Å²) in [4.78, 5) is 22.7. The van der Waals surface area contributed by atoms with Gasteiger partial charge in [0.1, 0.15) is 17.7 Å². The molecule has 8 heteroatoms. The van der Waals surface area contributed by atoms with Crippen molar-refractivity contribution >= 4 is 23.5 Å². The van der Waals surface area contributed by atoms with Gasteiger partial charge in [-0.3, -0.25) is 9.59 Å². The third kappa shape index (κ3) is 3.94. The minimum Gasteiger partial charge on any atom is -0.468 e. The van der Waals surface area contributed by atoms with Crippen molar-refractivity contribution in [3.63, 3.8) is 0 Å². The summed E-state index contributed by atoms with van der Waals surface area (Å²) in [6.07, 6.45) is 0.195. The van der Waals surface area contributed by atoms with Crippen LogP contribution in [0, 0.1) is 6.92 Å². The maximum Gasteiger partial charge on any atom is 0.327 e. The minimum atomic E-state index is -0.823. The minimum absolute atomic E-state index is 0.0824. The Labute approximate surface area is 122 Å². The van der Waals surface area contributed by atoms with Gasteiger partial charge in [0.2, 0.25) is 0 Å². The number of carbonyl (C=O) groups is 2. The highest BCUT2D eigenvalue weighted by Gasteiger charge is 2.21. The van der Waals surface area contributed by atoms with E-state index >= 15 is 0 Å². The van der Waals surface area contributed by atoms with Crippen LogP contribution in [0.2, 0.25) is 5.15 Å². The monoisotopic (exact) mass is 303 g/mol. The highest BCUT2D eigenvalue weighted by Crippen LogP contribution is 2.21. The maximum absolute atomic E-state index is 11.4. The van der Waals surface area contributed by atoms with Gasteiger partial charge >= 0.3 is 11.9 Å². The standard InChI is InChI=1S/C12H18ClN3O4/c1-4-20-10(17)6-16-11(13)8(7(2)15-16)5-9(14)12(18)19-3/h9H,4-6,14H2,1-3H3. The normalized spacial score (nSPS) is 12.1. The second-order valence-electron chi connectivity index (χ2n) is 4.15. The highest BCUT2D eigenvalue weighted by atomic mass is 35.5. The van der Waals surface area contributed by atoms with Gasteiger partial charge in [-0.1, -0.05) is 11.6 Å². The van der Waals surface area contributed by atoms with E-state index in [1.54, 1.807) is 13.8 Å². The van der Waals surface area contributed by atoms with Crippen molar-refractivity contribution < 1.29 is 19.1 Å². The van der Waals surface area contributed by atoms with E-state index < -0.39 is 18.0 Å². The summed E-state index contributed by atoms with van der Waals surface area (Å²) in [6, 6.07) is -0.823. The van der Waals surface area contributed by atoms with Crippen molar-refractivity contribution in [3.8, 4) is 0 Å². The molecule has 0 aliphatic heterocycles. The van der Waals surface area contributed by atoms with Crippen LogP contribution in [0.5, 0.6) is 0 Å². The van der Waals surface area contributed by atoms with Crippen molar-refractivity contribution in [2.75, 3.05) is 13.7 Å². The summed E-state index contributed by atoms with van der Waals surface area (Å²) in [5.41, 5.74) is 6.92. The van der Waals surface area contributed by atoms with Crippen LogP contribution in [0.1, 0.15) is 18.2 Å². The predicted molar refractivity (Wildman–Crippen MR) is 72.3 cm³/mol. The molecule has 20 heavy (non-hydrogen) atoms. The Hall–Kier alpha value is -1.60. The number of ether oxygens (including phenoxy) is 2. The van der Waals surface area contributed by atoms with Gasteiger partial charge < -0.3 is 15.2 Å². The van der Waals surface area contributed by atoms with Crippen molar-refractivity contribution in [2.24, 2.45) is 5.73 Å². The molecule has 0 bridgehead atoms. The summed E-state index contributed by atoms with van der Waals surface area (Å²) in [6.45, 7) is 3.65. The van der Waals surface area contributed by atoms with Crippen LogP contribution in [-0.2, 0) is 32.0 Å². The lowest BCUT2D eigenvalue weighted by Gasteiger charge is -2.09. The van der Waals surface area contributed by atoms with E-state index in [-0.39, 0.29) is 24.7 Å². The number of rotatable bonds is 6. The zero-order valence-corrected chi connectivity index (χ0v) is 12.4. The first kappa shape index (κ1) is 16.5. The van der Waals surface area contributed by atoms with E-state index in [2.05, 4.69) is 9.84 Å². The molecule has 0 spiro atoms. The van der Waals surface area contributed by atoms with E-state index in [0.29, 0.717) is 11.3 Å². The van der Waals surface area contributed by atoms with E-state index in [4.69, 9.17) is 22.1 Å². The summed E-state index contributed by atoms with van der Waals surface area (Å²) >= 11 is 6.15. The van der Waals surface area contributed by atoms with E-state index in [9.17, 15) is 9.59 Å². The SMILES string of the molecule is CCOC(=O)Cn1nc(C)c(CC(N)C(=O)OC)c1Cl. The molecule has 2 N–H and O–H groups in total. The van der Waals surface area contributed by atoms with Crippen LogP contribution in [-0.4, -0.2) is 41.5 Å². The number of methoxy groups -OCH3 is 1. The van der Waals surface area contributed by atoms with Gasteiger partial charge in [-0.2, -0.15) is 5.10 Å². The van der Waals surface area contributed by atoms with E-state index in [1.165, 1.54) is 11.8 Å². The van der Waals surface area contributed by atoms with Crippen LogP contribution in [0.4, 0.5) is 0 Å². The molecule has 1 unspecified atom stereocenters. The third-order valence-electron chi connectivity index (χ3n) is 2.70. The van der Waals surface area contributed by atoms with Gasteiger partial charge in [0, 0.05) is 12.0 Å². The van der Waals surface area contributed by atoms with Crippen molar-refractivity contribution in [3.05, 3.63) is 16.4 Å². The zero-order chi connectivity index (χ0) is 15.3. The van der Waals surface area contributed by atoms with Crippen LogP contribution in [0.25, 0.3) is 0 Å². The quantitative estimate of drug-likeness (QED) is 0.767. The number of nitrogens with zero attached hydrogens (tertiary/aromatic N) is 2. The molecule has 1 aromatic rings.